The molecule has 0 aliphatic rings. The fraction of sp³-hybridized carbons (Fsp3) is 0.436. The smallest absolute Gasteiger partial charge is 0.270 e. The number of carbonyl (C=O) groups excluding carboxylic acids is 1. The van der Waals surface area contributed by atoms with Crippen LogP contribution in [0.5, 0.6) is 11.5 Å². The summed E-state index contributed by atoms with van der Waals surface area (Å²) in [5, 5.41) is 8.01. The molecule has 1 N–H and O–H groups in total. The number of unbranched alkanes of at least 4 members (excludes halogenated alkanes) is 1. The van der Waals surface area contributed by atoms with Gasteiger partial charge in [-0.25, -0.2) is 4.68 Å². The highest BCUT2D eigenvalue weighted by atomic mass is 16.5. The van der Waals surface area contributed by atoms with Gasteiger partial charge in [-0.3, -0.25) is 4.79 Å². The van der Waals surface area contributed by atoms with Crippen LogP contribution in [0.3, 0.4) is 0 Å². The second-order valence-electron chi connectivity index (χ2n) is 13.3. The van der Waals surface area contributed by atoms with Crippen molar-refractivity contribution in [1.29, 1.82) is 0 Å². The van der Waals surface area contributed by atoms with E-state index in [1.807, 2.05) is 44.2 Å². The summed E-state index contributed by atoms with van der Waals surface area (Å²) in [5.41, 5.74) is 7.91. The topological polar surface area (TPSA) is 65.4 Å². The van der Waals surface area contributed by atoms with Crippen LogP contribution in [0.25, 0.3) is 16.9 Å². The zero-order valence-corrected chi connectivity index (χ0v) is 28.7. The lowest BCUT2D eigenvalue weighted by molar-refractivity contribution is 0.0944. The Labute approximate surface area is 270 Å². The minimum Gasteiger partial charge on any atom is -0.497 e. The molecule has 0 unspecified atom stereocenters. The van der Waals surface area contributed by atoms with Crippen molar-refractivity contribution in [2.24, 2.45) is 0 Å². The van der Waals surface area contributed by atoms with Gasteiger partial charge in [0, 0.05) is 17.7 Å². The summed E-state index contributed by atoms with van der Waals surface area (Å²) >= 11 is 0. The Morgan fingerprint density at radius 2 is 1.64 bits per heavy atom. The van der Waals surface area contributed by atoms with Gasteiger partial charge in [0.2, 0.25) is 0 Å². The van der Waals surface area contributed by atoms with Crippen LogP contribution in [0.15, 0.2) is 66.7 Å². The number of amides is 1. The van der Waals surface area contributed by atoms with E-state index in [0.29, 0.717) is 24.5 Å². The molecule has 6 nitrogen and oxygen atoms in total. The number of aromatic nitrogens is 2. The molecule has 3 aromatic carbocycles. The van der Waals surface area contributed by atoms with E-state index in [1.54, 1.807) is 11.8 Å². The molecule has 1 heterocycles. The highest BCUT2D eigenvalue weighted by molar-refractivity contribution is 5.94. The molecule has 4 aromatic rings. The maximum absolute atomic E-state index is 13.6. The number of hydrogen-bond donors (Lipinski definition) is 1. The first-order chi connectivity index (χ1) is 21.4. The molecule has 0 atom stereocenters. The summed E-state index contributed by atoms with van der Waals surface area (Å²) < 4.78 is 13.5. The van der Waals surface area contributed by atoms with Crippen LogP contribution in [-0.2, 0) is 10.8 Å². The van der Waals surface area contributed by atoms with E-state index in [1.165, 1.54) is 11.1 Å². The molecule has 0 saturated carbocycles. The Kier molecular flexibility index (Phi) is 10.8. The Balaban J connectivity index is 1.44. The van der Waals surface area contributed by atoms with Crippen molar-refractivity contribution >= 4 is 5.91 Å². The van der Waals surface area contributed by atoms with Crippen LogP contribution in [0.1, 0.15) is 100.0 Å². The van der Waals surface area contributed by atoms with Gasteiger partial charge in [0.1, 0.15) is 17.2 Å². The average Bonchev–Trinajstić information content (AvgIpc) is 3.49. The highest BCUT2D eigenvalue weighted by Crippen LogP contribution is 2.38. The van der Waals surface area contributed by atoms with E-state index in [9.17, 15) is 4.79 Å². The van der Waals surface area contributed by atoms with Gasteiger partial charge in [-0.1, -0.05) is 77.9 Å². The van der Waals surface area contributed by atoms with Gasteiger partial charge in [0.15, 0.2) is 0 Å². The number of methoxy groups -OCH3 is 1. The first-order valence-corrected chi connectivity index (χ1v) is 16.3. The quantitative estimate of drug-likeness (QED) is 0.145. The van der Waals surface area contributed by atoms with E-state index in [0.717, 1.165) is 59.6 Å². The summed E-state index contributed by atoms with van der Waals surface area (Å²) in [6, 6.07) is 22.5. The Hall–Kier alpha value is -4.06. The van der Waals surface area contributed by atoms with Crippen LogP contribution >= 0.6 is 0 Å². The molecule has 240 valence electrons. The number of aryl methyl sites for hydroxylation is 2. The normalized spacial score (nSPS) is 11.8. The van der Waals surface area contributed by atoms with E-state index in [4.69, 9.17) is 14.6 Å². The van der Waals surface area contributed by atoms with Crippen LogP contribution in [0.2, 0.25) is 0 Å². The third kappa shape index (κ3) is 7.97. The molecule has 45 heavy (non-hydrogen) atoms. The van der Waals surface area contributed by atoms with Crippen molar-refractivity contribution in [1.82, 2.24) is 15.1 Å². The lowest BCUT2D eigenvalue weighted by Crippen LogP contribution is -2.27. The second-order valence-corrected chi connectivity index (χ2v) is 13.3. The Bertz CT molecular complexity index is 1620. The van der Waals surface area contributed by atoms with Crippen molar-refractivity contribution in [3.05, 3.63) is 94.7 Å². The SMILES string of the molecule is CCC(C)(C)c1ccc(OCCCCNC(=O)c2cc(-c3cccc(OC)c3)nn2-c2cc(C)ccc2C)c(C(C)(C)CC)c1. The van der Waals surface area contributed by atoms with Crippen molar-refractivity contribution in [2.45, 2.75) is 91.9 Å². The van der Waals surface area contributed by atoms with Crippen LogP contribution < -0.4 is 14.8 Å². The van der Waals surface area contributed by atoms with Gasteiger partial charge in [-0.2, -0.15) is 5.10 Å². The molecule has 0 fully saturated rings. The minimum atomic E-state index is -0.153. The molecular weight excluding hydrogens is 558 g/mol. The second kappa shape index (κ2) is 14.4. The molecule has 0 aliphatic heterocycles. The molecule has 0 radical (unpaired) electrons. The van der Waals surface area contributed by atoms with Crippen LogP contribution in [0, 0.1) is 13.8 Å². The molecule has 0 bridgehead atoms. The van der Waals surface area contributed by atoms with Gasteiger partial charge in [0.05, 0.1) is 25.1 Å². The molecule has 0 spiro atoms. The molecule has 4 rings (SSSR count). The van der Waals surface area contributed by atoms with E-state index >= 15 is 0 Å². The number of carbonyl (C=O) groups is 1. The first-order valence-electron chi connectivity index (χ1n) is 16.3. The van der Waals surface area contributed by atoms with Gasteiger partial charge in [-0.05, 0) is 97.4 Å². The molecular formula is C39H51N3O3. The molecule has 6 heteroatoms. The predicted octanol–water partition coefficient (Wildman–Crippen LogP) is 9.13. The Morgan fingerprint density at radius 3 is 2.36 bits per heavy atom. The van der Waals surface area contributed by atoms with Crippen LogP contribution in [-0.4, -0.2) is 35.9 Å². The summed E-state index contributed by atoms with van der Waals surface area (Å²) in [6.45, 7) is 18.9. The average molecular weight is 610 g/mol. The summed E-state index contributed by atoms with van der Waals surface area (Å²) in [6.07, 6.45) is 3.75. The number of nitrogens with zero attached hydrogens (tertiary/aromatic N) is 2. The summed E-state index contributed by atoms with van der Waals surface area (Å²) in [4.78, 5) is 13.6. The van der Waals surface area contributed by atoms with Crippen molar-refractivity contribution < 1.29 is 14.3 Å². The van der Waals surface area contributed by atoms with Gasteiger partial charge < -0.3 is 14.8 Å². The summed E-state index contributed by atoms with van der Waals surface area (Å²) in [5.74, 6) is 1.55. The predicted molar refractivity (Wildman–Crippen MR) is 185 cm³/mol. The third-order valence-electron chi connectivity index (χ3n) is 9.27. The minimum absolute atomic E-state index is 0.0193. The zero-order chi connectivity index (χ0) is 32.8. The largest absolute Gasteiger partial charge is 0.497 e. The number of hydrogen-bond acceptors (Lipinski definition) is 4. The maximum Gasteiger partial charge on any atom is 0.270 e. The van der Waals surface area contributed by atoms with Gasteiger partial charge in [0.25, 0.3) is 5.91 Å². The van der Waals surface area contributed by atoms with Crippen molar-refractivity contribution in [3.8, 4) is 28.4 Å². The van der Waals surface area contributed by atoms with E-state index < -0.39 is 0 Å². The summed E-state index contributed by atoms with van der Waals surface area (Å²) in [7, 11) is 1.65. The zero-order valence-electron chi connectivity index (χ0n) is 28.7. The molecule has 0 saturated heterocycles. The monoisotopic (exact) mass is 609 g/mol. The number of rotatable bonds is 14. The standard InChI is InChI=1S/C39H51N3O3/c1-10-38(5,6)30-19-20-36(32(25-30)39(7,8)11-2)45-22-13-12-21-40-37(43)35-26-33(29-15-14-16-31(24-29)44-9)41-42(35)34-23-27(3)17-18-28(34)4/h14-20,23-26H,10-13,21-22H2,1-9H3,(H,40,43). The van der Waals surface area contributed by atoms with Crippen LogP contribution in [0.4, 0.5) is 0 Å². The number of nitrogens with one attached hydrogen (secondary N) is 1. The third-order valence-corrected chi connectivity index (χ3v) is 9.27. The lowest BCUT2D eigenvalue weighted by atomic mass is 9.76. The fourth-order valence-electron chi connectivity index (χ4n) is 5.30. The molecule has 1 aromatic heterocycles. The fourth-order valence-corrected chi connectivity index (χ4v) is 5.30. The highest BCUT2D eigenvalue weighted by Gasteiger charge is 2.26. The van der Waals surface area contributed by atoms with E-state index in [-0.39, 0.29) is 16.7 Å². The maximum atomic E-state index is 13.6. The van der Waals surface area contributed by atoms with E-state index in [2.05, 4.69) is 83.3 Å². The van der Waals surface area contributed by atoms with Crippen molar-refractivity contribution in [2.75, 3.05) is 20.3 Å². The molecule has 0 aliphatic carbocycles. The van der Waals surface area contributed by atoms with Gasteiger partial charge in [-0.15, -0.1) is 0 Å². The lowest BCUT2D eigenvalue weighted by Gasteiger charge is -2.30. The van der Waals surface area contributed by atoms with Gasteiger partial charge >= 0.3 is 0 Å². The van der Waals surface area contributed by atoms with Crippen molar-refractivity contribution in [3.63, 3.8) is 0 Å². The first kappa shape index (κ1) is 33.8. The number of benzene rings is 3. The number of ether oxygens (including phenoxy) is 2. The Morgan fingerprint density at radius 1 is 0.889 bits per heavy atom. The molecule has 1 amide bonds.